The molecule has 0 aromatic carbocycles. The van der Waals surface area contributed by atoms with Crippen molar-refractivity contribution in [1.29, 1.82) is 0 Å². The largest absolute Gasteiger partial charge is 0.354 e. The molecule has 2 heteroatoms. The molecule has 0 saturated carbocycles. The Morgan fingerprint density at radius 2 is 2.00 bits per heavy atom. The van der Waals surface area contributed by atoms with Crippen LogP contribution in [0.3, 0.4) is 0 Å². The van der Waals surface area contributed by atoms with Gasteiger partial charge in [-0.2, -0.15) is 0 Å². The van der Waals surface area contributed by atoms with Crippen molar-refractivity contribution in [2.75, 3.05) is 0 Å². The summed E-state index contributed by atoms with van der Waals surface area (Å²) in [6.07, 6.45) is 6.17. The fourth-order valence-corrected chi connectivity index (χ4v) is 0.694. The van der Waals surface area contributed by atoms with Crippen LogP contribution in [0.4, 0.5) is 0 Å². The fourth-order valence-electron chi connectivity index (χ4n) is 0.694. The highest BCUT2D eigenvalue weighted by Gasteiger charge is 1.85. The van der Waals surface area contributed by atoms with E-state index in [1.54, 1.807) is 0 Å². The quantitative estimate of drug-likeness (QED) is 0.586. The van der Waals surface area contributed by atoms with Crippen LogP contribution in [0, 0.1) is 0 Å². The molecule has 2 nitrogen and oxygen atoms in total. The second-order valence-electron chi connectivity index (χ2n) is 1.82. The van der Waals surface area contributed by atoms with E-state index in [1.807, 2.05) is 35.4 Å². The van der Waals surface area contributed by atoms with Gasteiger partial charge in [-0.1, -0.05) is 0 Å². The number of hydrogen-bond acceptors (Lipinski definition) is 1. The summed E-state index contributed by atoms with van der Waals surface area (Å²) in [4.78, 5) is 9.76. The van der Waals surface area contributed by atoms with E-state index >= 15 is 0 Å². The molecule has 1 heterocycles. The maximum Gasteiger partial charge on any atom is 0.200 e. The van der Waals surface area contributed by atoms with Crippen LogP contribution in [-0.2, 0) is 11.3 Å². The second kappa shape index (κ2) is 3.07. The van der Waals surface area contributed by atoms with Gasteiger partial charge in [-0.15, -0.1) is 0 Å². The number of carbonyl (C=O) groups excluding carboxylic acids is 1. The Labute approximate surface area is 54.1 Å². The fraction of sp³-hybridized carbons (Fsp3) is 0.286. The van der Waals surface area contributed by atoms with Gasteiger partial charge in [0.15, 0.2) is 6.29 Å². The summed E-state index contributed by atoms with van der Waals surface area (Å²) in [6, 6.07) is 3.87. The normalized spacial score (nSPS) is 9.33. The Morgan fingerprint density at radius 3 is 2.56 bits per heavy atom. The summed E-state index contributed by atoms with van der Waals surface area (Å²) in [5, 5.41) is 0. The van der Waals surface area contributed by atoms with Gasteiger partial charge in [-0.05, 0) is 12.1 Å². The first kappa shape index (κ1) is 6.08. The predicted octanol–water partition coefficient (Wildman–Crippen LogP) is 0.988. The number of nitrogens with zero attached hydrogens (tertiary/aromatic N) is 1. The molecule has 0 spiro atoms. The molecule has 9 heavy (non-hydrogen) atoms. The summed E-state index contributed by atoms with van der Waals surface area (Å²) in [5.41, 5.74) is 0. The molecular formula is C7H8NO. The molecule has 0 saturated heterocycles. The maximum absolute atomic E-state index is 9.76. The van der Waals surface area contributed by atoms with E-state index in [1.165, 1.54) is 0 Å². The average molecular weight is 122 g/mol. The molecule has 1 aromatic heterocycles. The smallest absolute Gasteiger partial charge is 0.200 e. The van der Waals surface area contributed by atoms with Crippen LogP contribution in [0.15, 0.2) is 24.5 Å². The third-order valence-electron chi connectivity index (χ3n) is 1.14. The van der Waals surface area contributed by atoms with Crippen LogP contribution in [0.1, 0.15) is 6.42 Å². The van der Waals surface area contributed by atoms with Crippen molar-refractivity contribution >= 4 is 6.29 Å². The van der Waals surface area contributed by atoms with Crippen molar-refractivity contribution in [1.82, 2.24) is 4.57 Å². The van der Waals surface area contributed by atoms with Crippen LogP contribution >= 0.6 is 0 Å². The van der Waals surface area contributed by atoms with Gasteiger partial charge < -0.3 is 4.57 Å². The predicted molar refractivity (Wildman–Crippen MR) is 34.7 cm³/mol. The van der Waals surface area contributed by atoms with Crippen molar-refractivity contribution in [3.63, 3.8) is 0 Å². The first-order valence-electron chi connectivity index (χ1n) is 2.89. The Kier molecular flexibility index (Phi) is 2.07. The molecule has 1 aromatic rings. The lowest BCUT2D eigenvalue weighted by atomic mass is 10.5. The Morgan fingerprint density at radius 1 is 1.33 bits per heavy atom. The molecule has 0 N–H and O–H groups in total. The van der Waals surface area contributed by atoms with Crippen LogP contribution in [0.2, 0.25) is 0 Å². The van der Waals surface area contributed by atoms with Gasteiger partial charge >= 0.3 is 0 Å². The summed E-state index contributed by atoms with van der Waals surface area (Å²) in [5.74, 6) is 0. The van der Waals surface area contributed by atoms with Crippen LogP contribution in [0.25, 0.3) is 0 Å². The highest BCUT2D eigenvalue weighted by molar-refractivity contribution is 5.50. The highest BCUT2D eigenvalue weighted by atomic mass is 16.1. The van der Waals surface area contributed by atoms with Crippen molar-refractivity contribution in [2.24, 2.45) is 0 Å². The molecule has 0 amide bonds. The van der Waals surface area contributed by atoms with E-state index < -0.39 is 0 Å². The van der Waals surface area contributed by atoms with E-state index in [0.717, 1.165) is 6.54 Å². The molecule has 0 aliphatic rings. The van der Waals surface area contributed by atoms with Gasteiger partial charge in [-0.3, -0.25) is 4.79 Å². The number of hydrogen-bond donors (Lipinski definition) is 0. The van der Waals surface area contributed by atoms with E-state index in [2.05, 4.69) is 0 Å². The first-order chi connectivity index (χ1) is 4.43. The standard InChI is InChI=1S/C7H8NO/c9-7-3-6-8-4-1-2-5-8/h1-2,4-5H,3,6H2. The topological polar surface area (TPSA) is 22.0 Å². The summed E-state index contributed by atoms with van der Waals surface area (Å²) in [7, 11) is 0. The second-order valence-corrected chi connectivity index (χ2v) is 1.82. The minimum absolute atomic E-state index is 0.481. The molecule has 1 radical (unpaired) electrons. The van der Waals surface area contributed by atoms with E-state index in [9.17, 15) is 4.79 Å². The molecular weight excluding hydrogens is 114 g/mol. The molecule has 0 atom stereocenters. The zero-order valence-electron chi connectivity index (χ0n) is 5.08. The average Bonchev–Trinajstić information content (AvgIpc) is 2.34. The minimum Gasteiger partial charge on any atom is -0.354 e. The van der Waals surface area contributed by atoms with Gasteiger partial charge in [0.25, 0.3) is 0 Å². The van der Waals surface area contributed by atoms with Crippen molar-refractivity contribution in [3.05, 3.63) is 24.5 Å². The van der Waals surface area contributed by atoms with E-state index in [-0.39, 0.29) is 0 Å². The molecule has 0 aliphatic heterocycles. The molecule has 1 rings (SSSR count). The van der Waals surface area contributed by atoms with Crippen molar-refractivity contribution in [3.8, 4) is 0 Å². The molecule has 0 fully saturated rings. The summed E-state index contributed by atoms with van der Waals surface area (Å²) in [6.45, 7) is 0.747. The van der Waals surface area contributed by atoms with E-state index in [0.29, 0.717) is 6.42 Å². The monoisotopic (exact) mass is 122 g/mol. The molecule has 0 unspecified atom stereocenters. The van der Waals surface area contributed by atoms with Crippen molar-refractivity contribution < 1.29 is 4.79 Å². The Bertz CT molecular complexity index is 167. The molecule has 0 aliphatic carbocycles. The zero-order valence-corrected chi connectivity index (χ0v) is 5.08. The van der Waals surface area contributed by atoms with Gasteiger partial charge in [0.2, 0.25) is 0 Å². The highest BCUT2D eigenvalue weighted by Crippen LogP contribution is 1.90. The summed E-state index contributed by atoms with van der Waals surface area (Å²) >= 11 is 0. The van der Waals surface area contributed by atoms with Gasteiger partial charge in [0.1, 0.15) is 0 Å². The lowest BCUT2D eigenvalue weighted by Crippen LogP contribution is -1.93. The van der Waals surface area contributed by atoms with Gasteiger partial charge in [0.05, 0.1) is 0 Å². The molecule has 47 valence electrons. The van der Waals surface area contributed by atoms with Crippen LogP contribution in [-0.4, -0.2) is 10.9 Å². The lowest BCUT2D eigenvalue weighted by Gasteiger charge is -1.93. The van der Waals surface area contributed by atoms with Crippen LogP contribution < -0.4 is 0 Å². The van der Waals surface area contributed by atoms with Gasteiger partial charge in [-0.25, -0.2) is 0 Å². The third kappa shape index (κ3) is 1.72. The Balaban J connectivity index is 2.38. The Hall–Kier alpha value is -1.05. The van der Waals surface area contributed by atoms with Gasteiger partial charge in [0, 0.05) is 25.4 Å². The third-order valence-corrected chi connectivity index (χ3v) is 1.14. The van der Waals surface area contributed by atoms with Crippen LogP contribution in [0.5, 0.6) is 0 Å². The van der Waals surface area contributed by atoms with Crippen molar-refractivity contribution in [2.45, 2.75) is 13.0 Å². The summed E-state index contributed by atoms with van der Waals surface area (Å²) < 4.78 is 1.95. The zero-order chi connectivity index (χ0) is 6.53. The minimum atomic E-state index is 0.481. The number of aromatic nitrogens is 1. The van der Waals surface area contributed by atoms with E-state index in [4.69, 9.17) is 0 Å². The number of aryl methyl sites for hydroxylation is 1. The SMILES string of the molecule is O=[C]CCn1cccc1. The number of rotatable bonds is 3. The lowest BCUT2D eigenvalue weighted by molar-refractivity contribution is 0.544. The first-order valence-corrected chi connectivity index (χ1v) is 2.89. The molecule has 0 bridgehead atoms. The maximum atomic E-state index is 9.76.